The topological polar surface area (TPSA) is 0 Å². The predicted molar refractivity (Wildman–Crippen MR) is 131 cm³/mol. The molecule has 0 aromatic heterocycles. The molecule has 0 amide bonds. The highest BCUT2D eigenvalue weighted by Crippen LogP contribution is 2.55. The SMILES string of the molecule is C.C.C.C.c1ccc(C2(c3ccccc3)c3ccccc3-c3ccccc32)cc1. The van der Waals surface area contributed by atoms with E-state index in [2.05, 4.69) is 109 Å². The Balaban J connectivity index is 0.00000105. The molecule has 4 aromatic rings. The molecule has 0 bridgehead atoms. The van der Waals surface area contributed by atoms with Crippen molar-refractivity contribution in [2.75, 3.05) is 0 Å². The van der Waals surface area contributed by atoms with Crippen molar-refractivity contribution in [1.29, 1.82) is 0 Å². The fraction of sp³-hybridized carbons (Fsp3) is 0.172. The van der Waals surface area contributed by atoms with Gasteiger partial charge in [0.05, 0.1) is 5.41 Å². The van der Waals surface area contributed by atoms with Gasteiger partial charge in [0.25, 0.3) is 0 Å². The molecule has 1 aliphatic carbocycles. The minimum Gasteiger partial charge on any atom is -0.0776 e. The van der Waals surface area contributed by atoms with Gasteiger partial charge in [-0.1, -0.05) is 139 Å². The van der Waals surface area contributed by atoms with Gasteiger partial charge in [-0.25, -0.2) is 0 Å². The first-order valence-electron chi connectivity index (χ1n) is 8.73. The maximum atomic E-state index is 2.29. The molecule has 0 heteroatoms. The second kappa shape index (κ2) is 9.39. The van der Waals surface area contributed by atoms with E-state index in [1.54, 1.807) is 0 Å². The van der Waals surface area contributed by atoms with Gasteiger partial charge >= 0.3 is 0 Å². The molecule has 0 N–H and O–H groups in total. The van der Waals surface area contributed by atoms with Gasteiger partial charge in [0.1, 0.15) is 0 Å². The van der Waals surface area contributed by atoms with E-state index in [9.17, 15) is 0 Å². The Hall–Kier alpha value is -3.12. The third-order valence-corrected chi connectivity index (χ3v) is 5.37. The molecular formula is C29H34. The molecule has 0 nitrogen and oxygen atoms in total. The second-order valence-electron chi connectivity index (χ2n) is 6.57. The Morgan fingerprint density at radius 2 is 0.655 bits per heavy atom. The van der Waals surface area contributed by atoms with Crippen LogP contribution in [0.3, 0.4) is 0 Å². The molecule has 1 aliphatic rings. The van der Waals surface area contributed by atoms with Gasteiger partial charge in [0.15, 0.2) is 0 Å². The Labute approximate surface area is 177 Å². The fourth-order valence-corrected chi connectivity index (χ4v) is 4.40. The summed E-state index contributed by atoms with van der Waals surface area (Å²) in [6.07, 6.45) is 0. The van der Waals surface area contributed by atoms with E-state index in [-0.39, 0.29) is 35.1 Å². The van der Waals surface area contributed by atoms with Crippen molar-refractivity contribution in [2.24, 2.45) is 0 Å². The van der Waals surface area contributed by atoms with Crippen LogP contribution in [0.15, 0.2) is 109 Å². The zero-order valence-electron chi connectivity index (χ0n) is 13.9. The minimum atomic E-state index is -0.254. The monoisotopic (exact) mass is 382 g/mol. The van der Waals surface area contributed by atoms with Crippen LogP contribution >= 0.6 is 0 Å². The molecule has 0 aliphatic heterocycles. The smallest absolute Gasteiger partial charge is 0.0713 e. The van der Waals surface area contributed by atoms with Crippen LogP contribution in [0.25, 0.3) is 11.1 Å². The number of hydrogen-bond donors (Lipinski definition) is 0. The van der Waals surface area contributed by atoms with Crippen molar-refractivity contribution in [3.8, 4) is 11.1 Å². The molecular weight excluding hydrogens is 348 g/mol. The standard InChI is InChI=1S/C25H18.4CH4/c1-3-11-19(12-4-1)25(20-13-5-2-6-14-20)23-17-9-7-15-21(23)22-16-8-10-18-24(22)25;;;;/h1-18H;4*1H4. The van der Waals surface area contributed by atoms with Gasteiger partial charge in [-0.3, -0.25) is 0 Å². The lowest BCUT2D eigenvalue weighted by atomic mass is 9.68. The second-order valence-corrected chi connectivity index (χ2v) is 6.57. The maximum Gasteiger partial charge on any atom is 0.0713 e. The third-order valence-electron chi connectivity index (χ3n) is 5.37. The molecule has 29 heavy (non-hydrogen) atoms. The normalized spacial score (nSPS) is 12.0. The van der Waals surface area contributed by atoms with Crippen molar-refractivity contribution in [2.45, 2.75) is 35.1 Å². The quantitative estimate of drug-likeness (QED) is 0.287. The van der Waals surface area contributed by atoms with Crippen LogP contribution in [0.4, 0.5) is 0 Å². The van der Waals surface area contributed by atoms with E-state index in [0.29, 0.717) is 0 Å². The number of hydrogen-bond acceptors (Lipinski definition) is 0. The van der Waals surface area contributed by atoms with Crippen molar-refractivity contribution in [3.63, 3.8) is 0 Å². The molecule has 5 rings (SSSR count). The van der Waals surface area contributed by atoms with Crippen LogP contribution < -0.4 is 0 Å². The third kappa shape index (κ3) is 3.29. The molecule has 0 saturated carbocycles. The van der Waals surface area contributed by atoms with Crippen molar-refractivity contribution >= 4 is 0 Å². The average molecular weight is 383 g/mol. The Kier molecular flexibility index (Phi) is 7.74. The van der Waals surface area contributed by atoms with E-state index in [4.69, 9.17) is 0 Å². The van der Waals surface area contributed by atoms with Crippen LogP contribution in [0.2, 0.25) is 0 Å². The molecule has 150 valence electrons. The summed E-state index contributed by atoms with van der Waals surface area (Å²) in [6, 6.07) is 39.5. The van der Waals surface area contributed by atoms with Crippen LogP contribution in [0.5, 0.6) is 0 Å². The number of rotatable bonds is 2. The Morgan fingerprint density at radius 1 is 0.345 bits per heavy atom. The summed E-state index contributed by atoms with van der Waals surface area (Å²) in [5.41, 5.74) is 7.80. The summed E-state index contributed by atoms with van der Waals surface area (Å²) in [4.78, 5) is 0. The van der Waals surface area contributed by atoms with Crippen LogP contribution in [-0.2, 0) is 5.41 Å². The summed E-state index contributed by atoms with van der Waals surface area (Å²) in [6.45, 7) is 0. The van der Waals surface area contributed by atoms with Gasteiger partial charge in [0.2, 0.25) is 0 Å². The van der Waals surface area contributed by atoms with E-state index in [1.165, 1.54) is 33.4 Å². The minimum absolute atomic E-state index is 0. The highest BCUT2D eigenvalue weighted by Gasteiger charge is 2.45. The Morgan fingerprint density at radius 3 is 1.03 bits per heavy atom. The molecule has 0 heterocycles. The lowest BCUT2D eigenvalue weighted by molar-refractivity contribution is 0.768. The average Bonchev–Trinajstić information content (AvgIpc) is 3.01. The van der Waals surface area contributed by atoms with E-state index in [1.807, 2.05) is 0 Å². The van der Waals surface area contributed by atoms with Crippen molar-refractivity contribution in [1.82, 2.24) is 0 Å². The molecule has 0 unspecified atom stereocenters. The number of benzene rings is 4. The highest BCUT2D eigenvalue weighted by atomic mass is 14.5. The predicted octanol–water partition coefficient (Wildman–Crippen LogP) is 8.59. The molecule has 0 fully saturated rings. The van der Waals surface area contributed by atoms with Crippen LogP contribution in [-0.4, -0.2) is 0 Å². The zero-order valence-corrected chi connectivity index (χ0v) is 13.9. The number of fused-ring (bicyclic) bond motifs is 3. The fourth-order valence-electron chi connectivity index (χ4n) is 4.40. The largest absolute Gasteiger partial charge is 0.0776 e. The van der Waals surface area contributed by atoms with E-state index < -0.39 is 0 Å². The maximum absolute atomic E-state index is 2.29. The molecule has 4 aromatic carbocycles. The summed E-state index contributed by atoms with van der Waals surface area (Å²) in [5.74, 6) is 0. The molecule has 0 spiro atoms. The first-order valence-corrected chi connectivity index (χ1v) is 8.73. The summed E-state index contributed by atoms with van der Waals surface area (Å²) in [5, 5.41) is 0. The zero-order chi connectivity index (χ0) is 16.7. The Bertz CT molecular complexity index is 943. The summed E-state index contributed by atoms with van der Waals surface area (Å²) in [7, 11) is 0. The molecule has 0 radical (unpaired) electrons. The highest BCUT2D eigenvalue weighted by molar-refractivity contribution is 5.86. The molecule has 0 atom stereocenters. The van der Waals surface area contributed by atoms with Gasteiger partial charge in [-0.05, 0) is 33.4 Å². The van der Waals surface area contributed by atoms with Gasteiger partial charge in [0, 0.05) is 0 Å². The summed E-state index contributed by atoms with van der Waals surface area (Å²) < 4.78 is 0. The van der Waals surface area contributed by atoms with Gasteiger partial charge in [-0.15, -0.1) is 0 Å². The lowest BCUT2D eigenvalue weighted by Gasteiger charge is -2.33. The van der Waals surface area contributed by atoms with Crippen molar-refractivity contribution in [3.05, 3.63) is 131 Å². The van der Waals surface area contributed by atoms with Crippen molar-refractivity contribution < 1.29 is 0 Å². The van der Waals surface area contributed by atoms with Gasteiger partial charge in [-0.2, -0.15) is 0 Å². The summed E-state index contributed by atoms with van der Waals surface area (Å²) >= 11 is 0. The molecule has 0 saturated heterocycles. The van der Waals surface area contributed by atoms with Crippen LogP contribution in [0, 0.1) is 0 Å². The van der Waals surface area contributed by atoms with E-state index >= 15 is 0 Å². The first-order chi connectivity index (χ1) is 12.4. The first kappa shape index (κ1) is 23.9. The lowest BCUT2D eigenvalue weighted by Crippen LogP contribution is -2.28. The van der Waals surface area contributed by atoms with Gasteiger partial charge < -0.3 is 0 Å². The van der Waals surface area contributed by atoms with Crippen LogP contribution in [0.1, 0.15) is 52.0 Å². The van der Waals surface area contributed by atoms with E-state index in [0.717, 1.165) is 0 Å².